The second-order valence-corrected chi connectivity index (χ2v) is 18.0. The van der Waals surface area contributed by atoms with E-state index in [0.717, 1.165) is 89.9 Å². The fraction of sp³-hybridized carbons (Fsp3) is 0.754. The van der Waals surface area contributed by atoms with Gasteiger partial charge in [0.2, 0.25) is 5.91 Å². The van der Waals surface area contributed by atoms with Crippen LogP contribution in [0.1, 0.15) is 252 Å². The highest BCUT2D eigenvalue weighted by Gasteiger charge is 2.24. The lowest BCUT2D eigenvalue weighted by Gasteiger charge is -2.24. The molecular weight excluding hydrogens is 779 g/mol. The molecule has 0 rings (SSSR count). The maximum Gasteiger partial charge on any atom is 0.306 e. The van der Waals surface area contributed by atoms with Gasteiger partial charge in [-0.2, -0.15) is 0 Å². The summed E-state index contributed by atoms with van der Waals surface area (Å²) in [6.07, 6.45) is 63.9. The van der Waals surface area contributed by atoms with E-state index < -0.39 is 18.2 Å². The molecule has 0 aromatic carbocycles. The minimum atomic E-state index is -0.803. The van der Waals surface area contributed by atoms with Crippen LogP contribution in [-0.4, -0.2) is 46.9 Å². The van der Waals surface area contributed by atoms with Crippen molar-refractivity contribution in [2.75, 3.05) is 6.61 Å². The summed E-state index contributed by atoms with van der Waals surface area (Å²) in [7, 11) is 0. The van der Waals surface area contributed by atoms with E-state index in [2.05, 4.69) is 86.8 Å². The van der Waals surface area contributed by atoms with Crippen molar-refractivity contribution >= 4 is 11.9 Å². The highest BCUT2D eigenvalue weighted by Crippen LogP contribution is 2.17. The molecule has 3 N–H and O–H groups in total. The number of carbonyl (C=O) groups is 2. The van der Waals surface area contributed by atoms with Gasteiger partial charge in [-0.3, -0.25) is 9.59 Å². The summed E-state index contributed by atoms with van der Waals surface area (Å²) in [5, 5.41) is 23.8. The van der Waals surface area contributed by atoms with E-state index in [1.54, 1.807) is 0 Å². The number of hydrogen-bond donors (Lipinski definition) is 3. The fourth-order valence-electron chi connectivity index (χ4n) is 7.84. The number of carbonyl (C=O) groups excluding carboxylic acids is 2. The van der Waals surface area contributed by atoms with Crippen molar-refractivity contribution in [1.29, 1.82) is 0 Å². The lowest BCUT2D eigenvalue weighted by molar-refractivity contribution is -0.151. The van der Waals surface area contributed by atoms with Gasteiger partial charge in [-0.25, -0.2) is 0 Å². The molecule has 0 spiro atoms. The number of esters is 1. The molecule has 0 fully saturated rings. The van der Waals surface area contributed by atoms with Crippen LogP contribution >= 0.6 is 0 Å². The number of amides is 1. The molecule has 63 heavy (non-hydrogen) atoms. The third-order valence-corrected chi connectivity index (χ3v) is 11.9. The molecule has 0 bridgehead atoms. The maximum atomic E-state index is 13.2. The van der Waals surface area contributed by atoms with Crippen molar-refractivity contribution in [3.05, 3.63) is 72.9 Å². The molecule has 0 aliphatic carbocycles. The van der Waals surface area contributed by atoms with E-state index in [4.69, 9.17) is 4.74 Å². The molecule has 0 aromatic heterocycles. The Bertz CT molecular complexity index is 1170. The first-order valence-corrected chi connectivity index (χ1v) is 26.7. The number of aliphatic hydroxyl groups is 2. The lowest BCUT2D eigenvalue weighted by atomic mass is 10.0. The van der Waals surface area contributed by atoms with Gasteiger partial charge >= 0.3 is 5.97 Å². The van der Waals surface area contributed by atoms with Crippen molar-refractivity contribution in [3.8, 4) is 0 Å². The number of ether oxygens (including phenoxy) is 1. The van der Waals surface area contributed by atoms with E-state index in [1.807, 2.05) is 12.2 Å². The molecule has 0 saturated heterocycles. The zero-order chi connectivity index (χ0) is 45.9. The molecule has 0 aliphatic heterocycles. The predicted octanol–water partition coefficient (Wildman–Crippen LogP) is 16.2. The summed E-state index contributed by atoms with van der Waals surface area (Å²) in [6, 6.07) is -0.720. The first-order chi connectivity index (χ1) is 31.0. The van der Waals surface area contributed by atoms with Crippen molar-refractivity contribution in [2.45, 2.75) is 270 Å². The number of rotatable bonds is 47. The highest BCUT2D eigenvalue weighted by atomic mass is 16.5. The molecule has 6 heteroatoms. The quantitative estimate of drug-likeness (QED) is 0.0321. The molecule has 1 amide bonds. The fourth-order valence-corrected chi connectivity index (χ4v) is 7.84. The third-order valence-electron chi connectivity index (χ3n) is 11.9. The van der Waals surface area contributed by atoms with Gasteiger partial charge in [0, 0.05) is 6.42 Å². The predicted molar refractivity (Wildman–Crippen MR) is 273 cm³/mol. The Kier molecular flexibility index (Phi) is 48.1. The van der Waals surface area contributed by atoms with Crippen molar-refractivity contribution < 1.29 is 24.5 Å². The standard InChI is InChI=1S/C57H101NO5/c1-4-7-10-13-16-19-22-24-26-27-28-30-32-35-38-41-44-47-50-57(62)63-53(48-45-42-39-36-33-21-18-15-12-9-6-3)51-56(61)58-54(52-59)55(60)49-46-43-40-37-34-31-29-25-23-20-17-14-11-8-5-2/h9,12,15,18,21-22,24,26-28,30,33,53-55,59-60H,4-8,10-11,13-14,16-17,19-20,23,25,29,31-32,34-52H2,1-3H3,(H,58,61)/b12-9+,18-15+,24-22+,27-26+,30-28+,33-21-. The number of unbranched alkanes of at least 4 members (excludes halogenated alkanes) is 27. The minimum Gasteiger partial charge on any atom is -0.462 e. The summed E-state index contributed by atoms with van der Waals surface area (Å²) in [5.41, 5.74) is 0. The first-order valence-electron chi connectivity index (χ1n) is 26.7. The number of aliphatic hydroxyl groups excluding tert-OH is 2. The van der Waals surface area contributed by atoms with Crippen molar-refractivity contribution in [2.24, 2.45) is 0 Å². The summed E-state index contributed by atoms with van der Waals surface area (Å²) >= 11 is 0. The smallest absolute Gasteiger partial charge is 0.306 e. The number of nitrogens with one attached hydrogen (secondary N) is 1. The molecule has 0 radical (unpaired) electrons. The minimum absolute atomic E-state index is 0.0437. The molecule has 0 aliphatic rings. The Labute approximate surface area is 390 Å². The summed E-state index contributed by atoms with van der Waals surface area (Å²) in [5.74, 6) is -0.532. The van der Waals surface area contributed by atoms with Crippen LogP contribution in [0, 0.1) is 0 Å². The first kappa shape index (κ1) is 60.3. The van der Waals surface area contributed by atoms with Gasteiger partial charge < -0.3 is 20.3 Å². The van der Waals surface area contributed by atoms with E-state index >= 15 is 0 Å². The number of allylic oxidation sites excluding steroid dienone is 12. The molecule has 3 unspecified atom stereocenters. The summed E-state index contributed by atoms with van der Waals surface area (Å²) < 4.78 is 5.91. The molecule has 0 aromatic rings. The molecule has 0 saturated carbocycles. The van der Waals surface area contributed by atoms with Gasteiger partial charge in [0.1, 0.15) is 6.10 Å². The summed E-state index contributed by atoms with van der Waals surface area (Å²) in [6.45, 7) is 6.32. The van der Waals surface area contributed by atoms with E-state index in [0.29, 0.717) is 19.3 Å². The molecular formula is C57H101NO5. The Morgan fingerprint density at radius 2 is 0.857 bits per heavy atom. The van der Waals surface area contributed by atoms with Crippen LogP contribution in [0.3, 0.4) is 0 Å². The van der Waals surface area contributed by atoms with Gasteiger partial charge in [0.05, 0.1) is 25.2 Å². The van der Waals surface area contributed by atoms with Crippen LogP contribution in [0.25, 0.3) is 0 Å². The van der Waals surface area contributed by atoms with Crippen LogP contribution in [0.2, 0.25) is 0 Å². The van der Waals surface area contributed by atoms with Crippen molar-refractivity contribution in [1.82, 2.24) is 5.32 Å². The molecule has 3 atom stereocenters. The topological polar surface area (TPSA) is 95.9 Å². The van der Waals surface area contributed by atoms with Gasteiger partial charge in [-0.05, 0) is 70.6 Å². The van der Waals surface area contributed by atoms with E-state index in [9.17, 15) is 19.8 Å². The Hall–Kier alpha value is -2.70. The maximum absolute atomic E-state index is 13.2. The van der Waals surface area contributed by atoms with Crippen LogP contribution in [-0.2, 0) is 14.3 Å². The average molecular weight is 880 g/mol. The lowest BCUT2D eigenvalue weighted by Crippen LogP contribution is -2.46. The second-order valence-electron chi connectivity index (χ2n) is 18.0. The molecule has 6 nitrogen and oxygen atoms in total. The van der Waals surface area contributed by atoms with Gasteiger partial charge in [0.15, 0.2) is 0 Å². The zero-order valence-corrected chi connectivity index (χ0v) is 41.4. The average Bonchev–Trinajstić information content (AvgIpc) is 3.28. The SMILES string of the molecule is CC/C=C/C=C/C=C\CCCCCC(CC(=O)NC(CO)C(O)CCCCCCCCCCCCCCCCC)OC(=O)CCCCCCC/C=C/C=C/C=C/CCCCCCC. The van der Waals surface area contributed by atoms with Crippen LogP contribution < -0.4 is 5.32 Å². The van der Waals surface area contributed by atoms with Gasteiger partial charge in [0.25, 0.3) is 0 Å². The van der Waals surface area contributed by atoms with E-state index in [1.165, 1.54) is 116 Å². The van der Waals surface area contributed by atoms with E-state index in [-0.39, 0.29) is 24.9 Å². The molecule has 0 heterocycles. The Morgan fingerprint density at radius 1 is 0.476 bits per heavy atom. The third kappa shape index (κ3) is 45.7. The van der Waals surface area contributed by atoms with Gasteiger partial charge in [-0.1, -0.05) is 241 Å². The van der Waals surface area contributed by atoms with Crippen LogP contribution in [0.15, 0.2) is 72.9 Å². The largest absolute Gasteiger partial charge is 0.462 e. The Morgan fingerprint density at radius 3 is 1.30 bits per heavy atom. The normalized spacial score (nSPS) is 13.8. The Balaban J connectivity index is 4.57. The van der Waals surface area contributed by atoms with Crippen LogP contribution in [0.5, 0.6) is 0 Å². The number of hydrogen-bond acceptors (Lipinski definition) is 5. The molecule has 364 valence electrons. The summed E-state index contributed by atoms with van der Waals surface area (Å²) in [4.78, 5) is 26.1. The highest BCUT2D eigenvalue weighted by molar-refractivity contribution is 5.77. The van der Waals surface area contributed by atoms with Gasteiger partial charge in [-0.15, -0.1) is 0 Å². The zero-order valence-electron chi connectivity index (χ0n) is 41.4. The monoisotopic (exact) mass is 880 g/mol. The van der Waals surface area contributed by atoms with Crippen LogP contribution in [0.4, 0.5) is 0 Å². The second kappa shape index (κ2) is 50.3. The van der Waals surface area contributed by atoms with Crippen molar-refractivity contribution in [3.63, 3.8) is 0 Å².